The molecule has 1 fully saturated rings. The number of carbonyl (C=O) groups is 1. The predicted octanol–water partition coefficient (Wildman–Crippen LogP) is 2.01. The molecule has 1 atom stereocenters. The Morgan fingerprint density at radius 1 is 1.65 bits per heavy atom. The molecule has 4 heteroatoms. The van der Waals surface area contributed by atoms with Gasteiger partial charge < -0.3 is 15.6 Å². The summed E-state index contributed by atoms with van der Waals surface area (Å²) in [7, 11) is 0. The van der Waals surface area contributed by atoms with E-state index in [-0.39, 0.29) is 11.3 Å². The van der Waals surface area contributed by atoms with Crippen molar-refractivity contribution in [2.45, 2.75) is 46.2 Å². The third kappa shape index (κ3) is 2.46. The van der Waals surface area contributed by atoms with Crippen molar-refractivity contribution in [3.05, 3.63) is 18.0 Å². The van der Waals surface area contributed by atoms with Gasteiger partial charge in [0.2, 0.25) is 0 Å². The minimum absolute atomic E-state index is 0.00859. The zero-order chi connectivity index (χ0) is 12.6. The van der Waals surface area contributed by atoms with Crippen molar-refractivity contribution in [2.75, 3.05) is 5.73 Å². The van der Waals surface area contributed by atoms with Crippen molar-refractivity contribution in [3.63, 3.8) is 0 Å². The van der Waals surface area contributed by atoms with Gasteiger partial charge in [0, 0.05) is 18.8 Å². The molecule has 1 aromatic rings. The molecule has 94 valence electrons. The standard InChI is InChI=1S/C13H21N3O/c1-4-5-16-8-9(14)6-10(16)12(17)15-11-7-13(11,2)3/h6,8,11H,4-5,7,14H2,1-3H3,(H,15,17). The molecule has 17 heavy (non-hydrogen) atoms. The number of nitrogens with zero attached hydrogens (tertiary/aromatic N) is 1. The number of rotatable bonds is 4. The molecule has 4 nitrogen and oxygen atoms in total. The van der Waals surface area contributed by atoms with Crippen molar-refractivity contribution in [3.8, 4) is 0 Å². The minimum atomic E-state index is -0.00859. The van der Waals surface area contributed by atoms with Crippen LogP contribution in [0.1, 0.15) is 44.1 Å². The first-order valence-corrected chi connectivity index (χ1v) is 6.20. The number of aryl methyl sites for hydroxylation is 1. The number of carbonyl (C=O) groups excluding carboxylic acids is 1. The molecule has 1 saturated carbocycles. The van der Waals surface area contributed by atoms with Gasteiger partial charge >= 0.3 is 0 Å². The number of nitrogens with one attached hydrogen (secondary N) is 1. The van der Waals surface area contributed by atoms with E-state index >= 15 is 0 Å². The second-order valence-corrected chi connectivity index (χ2v) is 5.57. The van der Waals surface area contributed by atoms with Crippen LogP contribution < -0.4 is 11.1 Å². The molecular formula is C13H21N3O. The molecular weight excluding hydrogens is 214 g/mol. The van der Waals surface area contributed by atoms with E-state index < -0.39 is 0 Å². The van der Waals surface area contributed by atoms with Gasteiger partial charge in [0.25, 0.3) is 5.91 Å². The van der Waals surface area contributed by atoms with Gasteiger partial charge in [0.1, 0.15) is 5.69 Å². The monoisotopic (exact) mass is 235 g/mol. The Kier molecular flexibility index (Phi) is 2.89. The largest absolute Gasteiger partial charge is 0.397 e. The molecule has 0 bridgehead atoms. The van der Waals surface area contributed by atoms with E-state index in [0.717, 1.165) is 19.4 Å². The average molecular weight is 235 g/mol. The number of anilines is 1. The highest BCUT2D eigenvalue weighted by Gasteiger charge is 2.46. The van der Waals surface area contributed by atoms with Crippen LogP contribution in [0.5, 0.6) is 0 Å². The molecule has 0 radical (unpaired) electrons. The zero-order valence-electron chi connectivity index (χ0n) is 10.8. The van der Waals surface area contributed by atoms with Crippen LogP contribution in [0.2, 0.25) is 0 Å². The number of nitrogens with two attached hydrogens (primary N) is 1. The normalized spacial score (nSPS) is 21.2. The van der Waals surface area contributed by atoms with Crippen molar-refractivity contribution in [1.29, 1.82) is 0 Å². The Balaban J connectivity index is 2.08. The quantitative estimate of drug-likeness (QED) is 0.838. The molecule has 2 rings (SSSR count). The lowest BCUT2D eigenvalue weighted by Gasteiger charge is -2.09. The maximum absolute atomic E-state index is 12.1. The highest BCUT2D eigenvalue weighted by molar-refractivity contribution is 5.94. The van der Waals surface area contributed by atoms with Crippen LogP contribution in [0.15, 0.2) is 12.3 Å². The van der Waals surface area contributed by atoms with E-state index in [1.165, 1.54) is 0 Å². The zero-order valence-corrected chi connectivity index (χ0v) is 10.8. The SMILES string of the molecule is CCCn1cc(N)cc1C(=O)NC1CC1(C)C. The summed E-state index contributed by atoms with van der Waals surface area (Å²) in [6.45, 7) is 7.24. The summed E-state index contributed by atoms with van der Waals surface area (Å²) in [5, 5.41) is 3.06. The fourth-order valence-electron chi connectivity index (χ4n) is 2.10. The van der Waals surface area contributed by atoms with E-state index in [0.29, 0.717) is 17.4 Å². The van der Waals surface area contributed by atoms with Crippen molar-refractivity contribution < 1.29 is 4.79 Å². The van der Waals surface area contributed by atoms with E-state index in [9.17, 15) is 4.79 Å². The van der Waals surface area contributed by atoms with Crippen LogP contribution in [-0.4, -0.2) is 16.5 Å². The van der Waals surface area contributed by atoms with Gasteiger partial charge in [-0.25, -0.2) is 0 Å². The van der Waals surface area contributed by atoms with Gasteiger partial charge in [-0.2, -0.15) is 0 Å². The summed E-state index contributed by atoms with van der Waals surface area (Å²) >= 11 is 0. The van der Waals surface area contributed by atoms with Crippen LogP contribution in [0.25, 0.3) is 0 Å². The maximum Gasteiger partial charge on any atom is 0.268 e. The number of hydrogen-bond acceptors (Lipinski definition) is 2. The molecule has 3 N–H and O–H groups in total. The minimum Gasteiger partial charge on any atom is -0.397 e. The van der Waals surface area contributed by atoms with Crippen molar-refractivity contribution >= 4 is 11.6 Å². The third-order valence-corrected chi connectivity index (χ3v) is 3.43. The summed E-state index contributed by atoms with van der Waals surface area (Å²) in [6.07, 6.45) is 3.88. The van der Waals surface area contributed by atoms with Gasteiger partial charge in [0.05, 0.1) is 5.69 Å². The van der Waals surface area contributed by atoms with Gasteiger partial charge in [0.15, 0.2) is 0 Å². The average Bonchev–Trinajstić information content (AvgIpc) is 2.66. The summed E-state index contributed by atoms with van der Waals surface area (Å²) < 4.78 is 1.93. The van der Waals surface area contributed by atoms with E-state index in [4.69, 9.17) is 5.73 Å². The van der Waals surface area contributed by atoms with Crippen molar-refractivity contribution in [1.82, 2.24) is 9.88 Å². The topological polar surface area (TPSA) is 60.0 Å². The van der Waals surface area contributed by atoms with Crippen LogP contribution in [0.4, 0.5) is 5.69 Å². The highest BCUT2D eigenvalue weighted by Crippen LogP contribution is 2.44. The summed E-state index contributed by atoms with van der Waals surface area (Å²) in [4.78, 5) is 12.1. The lowest BCUT2D eigenvalue weighted by molar-refractivity contribution is 0.0937. The number of nitrogen functional groups attached to an aromatic ring is 1. The fraction of sp³-hybridized carbons (Fsp3) is 0.615. The first kappa shape index (κ1) is 12.0. The smallest absolute Gasteiger partial charge is 0.268 e. The van der Waals surface area contributed by atoms with Crippen molar-refractivity contribution in [2.24, 2.45) is 5.41 Å². The molecule has 1 aliphatic rings. The Morgan fingerprint density at radius 2 is 2.29 bits per heavy atom. The Bertz CT molecular complexity index is 434. The predicted molar refractivity (Wildman–Crippen MR) is 68.8 cm³/mol. The third-order valence-electron chi connectivity index (χ3n) is 3.43. The molecule has 1 amide bonds. The van der Waals surface area contributed by atoms with Crippen LogP contribution >= 0.6 is 0 Å². The fourth-order valence-corrected chi connectivity index (χ4v) is 2.10. The Labute approximate surface area is 102 Å². The maximum atomic E-state index is 12.1. The number of hydrogen-bond donors (Lipinski definition) is 2. The van der Waals surface area contributed by atoms with E-state index in [1.807, 2.05) is 10.8 Å². The second-order valence-electron chi connectivity index (χ2n) is 5.57. The molecule has 1 aliphatic carbocycles. The van der Waals surface area contributed by atoms with E-state index in [1.54, 1.807) is 6.07 Å². The molecule has 0 aliphatic heterocycles. The summed E-state index contributed by atoms with van der Waals surface area (Å²) in [6, 6.07) is 2.06. The number of amides is 1. The molecule has 0 aromatic carbocycles. The summed E-state index contributed by atoms with van der Waals surface area (Å²) in [5.41, 5.74) is 7.32. The second kappa shape index (κ2) is 4.09. The van der Waals surface area contributed by atoms with Crippen LogP contribution in [-0.2, 0) is 6.54 Å². The molecule has 1 aromatic heterocycles. The van der Waals surface area contributed by atoms with Gasteiger partial charge in [-0.3, -0.25) is 4.79 Å². The van der Waals surface area contributed by atoms with Crippen LogP contribution in [0, 0.1) is 5.41 Å². The van der Waals surface area contributed by atoms with E-state index in [2.05, 4.69) is 26.1 Å². The number of aromatic nitrogens is 1. The van der Waals surface area contributed by atoms with Gasteiger partial charge in [-0.05, 0) is 24.3 Å². The lowest BCUT2D eigenvalue weighted by atomic mass is 10.2. The lowest BCUT2D eigenvalue weighted by Crippen LogP contribution is -2.30. The first-order chi connectivity index (χ1) is 7.94. The molecule has 0 saturated heterocycles. The molecule has 0 spiro atoms. The molecule has 1 heterocycles. The van der Waals surface area contributed by atoms with Gasteiger partial charge in [-0.1, -0.05) is 20.8 Å². The first-order valence-electron chi connectivity index (χ1n) is 6.20. The molecule has 1 unspecified atom stereocenters. The van der Waals surface area contributed by atoms with Crippen LogP contribution in [0.3, 0.4) is 0 Å². The summed E-state index contributed by atoms with van der Waals surface area (Å²) in [5.74, 6) is -0.00859. The van der Waals surface area contributed by atoms with Gasteiger partial charge in [-0.15, -0.1) is 0 Å². The Morgan fingerprint density at radius 3 is 2.82 bits per heavy atom. The Hall–Kier alpha value is -1.45. The highest BCUT2D eigenvalue weighted by atomic mass is 16.2.